The van der Waals surface area contributed by atoms with Crippen LogP contribution in [-0.4, -0.2) is 47.4 Å². The van der Waals surface area contributed by atoms with Gasteiger partial charge in [0.25, 0.3) is 5.91 Å². The van der Waals surface area contributed by atoms with Gasteiger partial charge in [0.05, 0.1) is 0 Å². The Balaban J connectivity index is 1.49. The molecule has 1 N–H and O–H groups in total. The summed E-state index contributed by atoms with van der Waals surface area (Å²) in [6.07, 6.45) is 1.01. The molecule has 4 heteroatoms. The van der Waals surface area contributed by atoms with Crippen molar-refractivity contribution >= 4 is 5.91 Å². The molecule has 0 bridgehead atoms. The Labute approximate surface area is 169 Å². The molecule has 3 rings (SSSR count). The number of hydrogen-bond acceptors (Lipinski definition) is 3. The Kier molecular flexibility index (Phi) is 7.24. The average Bonchev–Trinajstić information content (AvgIpc) is 3.13. The van der Waals surface area contributed by atoms with E-state index < -0.39 is 0 Å². The van der Waals surface area contributed by atoms with Gasteiger partial charge in [-0.15, -0.1) is 0 Å². The van der Waals surface area contributed by atoms with E-state index >= 15 is 0 Å². The Bertz CT molecular complexity index is 742. The number of nitrogens with one attached hydrogen (secondary N) is 1. The van der Waals surface area contributed by atoms with Crippen LogP contribution >= 0.6 is 0 Å². The molecule has 28 heavy (non-hydrogen) atoms. The van der Waals surface area contributed by atoms with Crippen LogP contribution in [0.3, 0.4) is 0 Å². The molecule has 1 aliphatic rings. The van der Waals surface area contributed by atoms with Crippen LogP contribution < -0.4 is 5.32 Å². The van der Waals surface area contributed by atoms with Crippen molar-refractivity contribution < 1.29 is 4.79 Å². The number of nitrogens with zero attached hydrogens (tertiary/aromatic N) is 2. The fraction of sp³-hybridized carbons (Fsp3) is 0.458. The topological polar surface area (TPSA) is 35.6 Å². The third kappa shape index (κ3) is 5.66. The summed E-state index contributed by atoms with van der Waals surface area (Å²) in [7, 11) is 0. The largest absolute Gasteiger partial charge is 0.348 e. The highest BCUT2D eigenvalue weighted by atomic mass is 16.1. The monoisotopic (exact) mass is 379 g/mol. The van der Waals surface area contributed by atoms with E-state index in [1.807, 2.05) is 18.2 Å². The zero-order chi connectivity index (χ0) is 19.9. The molecule has 1 amide bonds. The van der Waals surface area contributed by atoms with E-state index in [1.54, 1.807) is 0 Å². The third-order valence-electron chi connectivity index (χ3n) is 5.59. The Morgan fingerprint density at radius 1 is 1.11 bits per heavy atom. The minimum Gasteiger partial charge on any atom is -0.348 e. The van der Waals surface area contributed by atoms with E-state index in [2.05, 4.69) is 72.3 Å². The van der Waals surface area contributed by atoms with Crippen molar-refractivity contribution in [3.8, 4) is 0 Å². The van der Waals surface area contributed by atoms with Gasteiger partial charge >= 0.3 is 0 Å². The Hall–Kier alpha value is -2.17. The molecule has 2 aromatic carbocycles. The highest BCUT2D eigenvalue weighted by Crippen LogP contribution is 2.15. The normalized spacial score (nSPS) is 17.4. The first-order valence-corrected chi connectivity index (χ1v) is 10.4. The minimum atomic E-state index is 0.0364. The summed E-state index contributed by atoms with van der Waals surface area (Å²) in [5, 5.41) is 3.21. The van der Waals surface area contributed by atoms with Crippen molar-refractivity contribution in [2.24, 2.45) is 0 Å². The number of carbonyl (C=O) groups is 1. The summed E-state index contributed by atoms with van der Waals surface area (Å²) < 4.78 is 0. The summed E-state index contributed by atoms with van der Waals surface area (Å²) in [6, 6.07) is 19.3. The number of carbonyl (C=O) groups excluding carboxylic acids is 1. The van der Waals surface area contributed by atoms with Crippen LogP contribution in [0.4, 0.5) is 0 Å². The van der Waals surface area contributed by atoms with Crippen molar-refractivity contribution in [1.29, 1.82) is 0 Å². The van der Waals surface area contributed by atoms with E-state index in [1.165, 1.54) is 11.1 Å². The van der Waals surface area contributed by atoms with Crippen LogP contribution in [0.1, 0.15) is 48.7 Å². The molecular formula is C24H33N3O. The molecule has 4 nitrogen and oxygen atoms in total. The first kappa shape index (κ1) is 20.6. The molecule has 0 aliphatic carbocycles. The van der Waals surface area contributed by atoms with E-state index in [4.69, 9.17) is 0 Å². The smallest absolute Gasteiger partial charge is 0.251 e. The number of benzene rings is 2. The van der Waals surface area contributed by atoms with Gasteiger partial charge in [0.2, 0.25) is 0 Å². The second-order valence-corrected chi connectivity index (χ2v) is 8.03. The molecule has 2 aromatic rings. The lowest BCUT2D eigenvalue weighted by molar-refractivity contribution is 0.0937. The molecular weight excluding hydrogens is 346 g/mol. The van der Waals surface area contributed by atoms with Gasteiger partial charge < -0.3 is 5.32 Å². The van der Waals surface area contributed by atoms with Crippen LogP contribution in [0, 0.1) is 0 Å². The lowest BCUT2D eigenvalue weighted by atomic mass is 10.1. The molecule has 1 saturated heterocycles. The molecule has 1 aliphatic heterocycles. The van der Waals surface area contributed by atoms with E-state index in [-0.39, 0.29) is 11.9 Å². The van der Waals surface area contributed by atoms with Crippen LogP contribution in [-0.2, 0) is 13.1 Å². The lowest BCUT2D eigenvalue weighted by Crippen LogP contribution is -2.37. The zero-order valence-corrected chi connectivity index (χ0v) is 17.4. The van der Waals surface area contributed by atoms with Gasteiger partial charge in [-0.2, -0.15) is 0 Å². The average molecular weight is 380 g/mol. The summed E-state index contributed by atoms with van der Waals surface area (Å²) in [6.45, 7) is 11.5. The standard InChI is InChI=1S/C24H33N3O/c1-4-27(19(2)3)17-21-10-12-22(13-11-21)24(28)25-23-14-15-26(18-23)16-20-8-6-5-7-9-20/h5-13,19,23H,4,14-18H2,1-3H3,(H,25,28). The van der Waals surface area contributed by atoms with Gasteiger partial charge in [-0.25, -0.2) is 0 Å². The fourth-order valence-electron chi connectivity index (χ4n) is 3.86. The number of hydrogen-bond donors (Lipinski definition) is 1. The predicted octanol–water partition coefficient (Wildman–Crippen LogP) is 3.92. The van der Waals surface area contributed by atoms with Gasteiger partial charge in [0.15, 0.2) is 0 Å². The maximum Gasteiger partial charge on any atom is 0.251 e. The van der Waals surface area contributed by atoms with Crippen LogP contribution in [0.5, 0.6) is 0 Å². The van der Waals surface area contributed by atoms with Crippen LogP contribution in [0.2, 0.25) is 0 Å². The summed E-state index contributed by atoms with van der Waals surface area (Å²) in [5.41, 5.74) is 3.33. The first-order chi connectivity index (χ1) is 13.5. The van der Waals surface area contributed by atoms with Gasteiger partial charge in [-0.05, 0) is 50.1 Å². The molecule has 0 radical (unpaired) electrons. The SMILES string of the molecule is CCN(Cc1ccc(C(=O)NC2CCN(Cc3ccccc3)C2)cc1)C(C)C. The minimum absolute atomic E-state index is 0.0364. The number of amides is 1. The highest BCUT2D eigenvalue weighted by molar-refractivity contribution is 5.94. The van der Waals surface area contributed by atoms with Crippen molar-refractivity contribution in [2.45, 2.75) is 52.4 Å². The van der Waals surface area contributed by atoms with E-state index in [9.17, 15) is 4.79 Å². The van der Waals surface area contributed by atoms with Gasteiger partial charge in [-0.1, -0.05) is 49.4 Å². The Morgan fingerprint density at radius 2 is 1.82 bits per heavy atom. The van der Waals surface area contributed by atoms with Gasteiger partial charge in [0.1, 0.15) is 0 Å². The van der Waals surface area contributed by atoms with Crippen LogP contribution in [0.15, 0.2) is 54.6 Å². The summed E-state index contributed by atoms with van der Waals surface area (Å²) >= 11 is 0. The van der Waals surface area contributed by atoms with Crippen LogP contribution in [0.25, 0.3) is 0 Å². The molecule has 1 atom stereocenters. The van der Waals surface area contributed by atoms with Crippen molar-refractivity contribution in [3.05, 3.63) is 71.3 Å². The molecule has 150 valence electrons. The maximum absolute atomic E-state index is 12.6. The van der Waals surface area contributed by atoms with Gasteiger partial charge in [-0.3, -0.25) is 14.6 Å². The molecule has 0 spiro atoms. The first-order valence-electron chi connectivity index (χ1n) is 10.4. The van der Waals surface area contributed by atoms with Crippen molar-refractivity contribution in [1.82, 2.24) is 15.1 Å². The second-order valence-electron chi connectivity index (χ2n) is 8.03. The predicted molar refractivity (Wildman–Crippen MR) is 115 cm³/mol. The molecule has 1 fully saturated rings. The Morgan fingerprint density at radius 3 is 2.46 bits per heavy atom. The quantitative estimate of drug-likeness (QED) is 0.755. The molecule has 1 unspecified atom stereocenters. The third-order valence-corrected chi connectivity index (χ3v) is 5.59. The van der Waals surface area contributed by atoms with Gasteiger partial charge in [0, 0.05) is 43.8 Å². The van der Waals surface area contributed by atoms with E-state index in [0.717, 1.165) is 44.7 Å². The molecule has 0 saturated carbocycles. The number of likely N-dealkylation sites (tertiary alicyclic amines) is 1. The lowest BCUT2D eigenvalue weighted by Gasteiger charge is -2.24. The molecule has 0 aromatic heterocycles. The zero-order valence-electron chi connectivity index (χ0n) is 17.4. The number of rotatable bonds is 8. The molecule has 1 heterocycles. The summed E-state index contributed by atoms with van der Waals surface area (Å²) in [4.78, 5) is 17.4. The second kappa shape index (κ2) is 9.85. The maximum atomic E-state index is 12.6. The van der Waals surface area contributed by atoms with Crippen molar-refractivity contribution in [3.63, 3.8) is 0 Å². The highest BCUT2D eigenvalue weighted by Gasteiger charge is 2.24. The van der Waals surface area contributed by atoms with E-state index in [0.29, 0.717) is 6.04 Å². The van der Waals surface area contributed by atoms with Crippen molar-refractivity contribution in [2.75, 3.05) is 19.6 Å². The fourth-order valence-corrected chi connectivity index (χ4v) is 3.86. The summed E-state index contributed by atoms with van der Waals surface area (Å²) in [5.74, 6) is 0.0364.